The van der Waals surface area contributed by atoms with E-state index in [9.17, 15) is 8.42 Å². The highest BCUT2D eigenvalue weighted by Crippen LogP contribution is 2.26. The highest BCUT2D eigenvalue weighted by Gasteiger charge is 2.20. The molecule has 1 saturated heterocycles. The van der Waals surface area contributed by atoms with Crippen LogP contribution < -0.4 is 9.62 Å². The minimum Gasteiger partial charge on any atom is -0.380 e. The minimum atomic E-state index is -3.63. The van der Waals surface area contributed by atoms with Crippen LogP contribution in [0.15, 0.2) is 17.2 Å². The van der Waals surface area contributed by atoms with Crippen LogP contribution in [0.25, 0.3) is 0 Å². The largest absolute Gasteiger partial charge is 0.380 e. The van der Waals surface area contributed by atoms with E-state index >= 15 is 0 Å². The van der Waals surface area contributed by atoms with Crippen LogP contribution in [-0.2, 0) is 19.5 Å². The van der Waals surface area contributed by atoms with E-state index in [4.69, 9.17) is 21.1 Å². The van der Waals surface area contributed by atoms with Crippen molar-refractivity contribution in [2.75, 3.05) is 51.0 Å². The Labute approximate surface area is 135 Å². The number of morpholine rings is 1. The van der Waals surface area contributed by atoms with Crippen molar-refractivity contribution in [3.63, 3.8) is 0 Å². The number of nitrogens with one attached hydrogen (secondary N) is 1. The van der Waals surface area contributed by atoms with Gasteiger partial charge in [-0.25, -0.2) is 18.1 Å². The maximum absolute atomic E-state index is 12.1. The van der Waals surface area contributed by atoms with Gasteiger partial charge in [0.05, 0.1) is 24.8 Å². The molecule has 0 spiro atoms. The van der Waals surface area contributed by atoms with Gasteiger partial charge in [-0.2, -0.15) is 0 Å². The Kier molecular flexibility index (Phi) is 6.39. The van der Waals surface area contributed by atoms with Crippen LogP contribution in [0.3, 0.4) is 0 Å². The van der Waals surface area contributed by atoms with Crippen LogP contribution in [0.2, 0.25) is 5.02 Å². The van der Waals surface area contributed by atoms with Crippen LogP contribution in [0, 0.1) is 0 Å². The summed E-state index contributed by atoms with van der Waals surface area (Å²) in [6, 6.07) is 1.42. The molecule has 124 valence electrons. The molecule has 1 fully saturated rings. The molecular formula is C13H20ClN3O4S. The van der Waals surface area contributed by atoms with Gasteiger partial charge in [-0.1, -0.05) is 11.6 Å². The van der Waals surface area contributed by atoms with Crippen LogP contribution in [-0.4, -0.2) is 59.5 Å². The van der Waals surface area contributed by atoms with Gasteiger partial charge in [0.2, 0.25) is 10.0 Å². The molecule has 0 unspecified atom stereocenters. The zero-order valence-electron chi connectivity index (χ0n) is 12.4. The molecule has 0 saturated carbocycles. The Hall–Kier alpha value is -0.930. The van der Waals surface area contributed by atoms with Gasteiger partial charge in [0.1, 0.15) is 10.7 Å². The van der Waals surface area contributed by atoms with E-state index in [0.717, 1.165) is 0 Å². The predicted octanol–water partition coefficient (Wildman–Crippen LogP) is 0.886. The first-order valence-corrected chi connectivity index (χ1v) is 8.96. The Morgan fingerprint density at radius 2 is 2.18 bits per heavy atom. The first kappa shape index (κ1) is 17.4. The van der Waals surface area contributed by atoms with E-state index in [-0.39, 0.29) is 11.4 Å². The predicted molar refractivity (Wildman–Crippen MR) is 84.0 cm³/mol. The molecule has 7 nitrogen and oxygen atoms in total. The first-order valence-electron chi connectivity index (χ1n) is 7.10. The summed E-state index contributed by atoms with van der Waals surface area (Å²) in [6.45, 7) is 5.51. The van der Waals surface area contributed by atoms with E-state index in [1.54, 1.807) is 0 Å². The fourth-order valence-electron chi connectivity index (χ4n) is 2.04. The molecule has 0 amide bonds. The number of halogens is 1. The number of aromatic nitrogens is 1. The van der Waals surface area contributed by atoms with Crippen molar-refractivity contribution >= 4 is 27.4 Å². The number of ether oxygens (including phenoxy) is 2. The van der Waals surface area contributed by atoms with E-state index in [2.05, 4.69) is 9.71 Å². The van der Waals surface area contributed by atoms with Crippen LogP contribution >= 0.6 is 11.6 Å². The lowest BCUT2D eigenvalue weighted by Gasteiger charge is -2.28. The highest BCUT2D eigenvalue weighted by atomic mass is 35.5. The lowest BCUT2D eigenvalue weighted by molar-refractivity contribution is 0.122. The number of hydrogen-bond donors (Lipinski definition) is 1. The summed E-state index contributed by atoms with van der Waals surface area (Å²) in [5.74, 6) is 0.582. The molecule has 0 bridgehead atoms. The van der Waals surface area contributed by atoms with Gasteiger partial charge in [-0.15, -0.1) is 0 Å². The monoisotopic (exact) mass is 349 g/mol. The number of rotatable bonds is 7. The second-order valence-corrected chi connectivity index (χ2v) is 6.84. The molecule has 22 heavy (non-hydrogen) atoms. The molecule has 0 aliphatic carbocycles. The molecule has 2 rings (SSSR count). The third-order valence-corrected chi connectivity index (χ3v) is 4.87. The molecule has 1 aromatic rings. The van der Waals surface area contributed by atoms with Crippen molar-refractivity contribution in [1.82, 2.24) is 9.71 Å². The Morgan fingerprint density at radius 3 is 2.82 bits per heavy atom. The highest BCUT2D eigenvalue weighted by molar-refractivity contribution is 7.89. The van der Waals surface area contributed by atoms with Crippen LogP contribution in [0.4, 0.5) is 5.82 Å². The van der Waals surface area contributed by atoms with E-state index in [1.807, 2.05) is 11.8 Å². The maximum atomic E-state index is 12.1. The quantitative estimate of drug-likeness (QED) is 0.736. The Bertz CT molecular complexity index is 591. The molecule has 1 aliphatic heterocycles. The first-order chi connectivity index (χ1) is 10.5. The normalized spacial score (nSPS) is 16.0. The van der Waals surface area contributed by atoms with Gasteiger partial charge in [-0.05, 0) is 13.0 Å². The summed E-state index contributed by atoms with van der Waals surface area (Å²) in [6.07, 6.45) is 1.32. The molecule has 1 aromatic heterocycles. The fourth-order valence-corrected chi connectivity index (χ4v) is 3.38. The van der Waals surface area contributed by atoms with Gasteiger partial charge in [-0.3, -0.25) is 0 Å². The Balaban J connectivity index is 2.07. The molecule has 0 radical (unpaired) electrons. The number of sulfonamides is 1. The van der Waals surface area contributed by atoms with Crippen LogP contribution in [0.5, 0.6) is 0 Å². The van der Waals surface area contributed by atoms with E-state index < -0.39 is 10.0 Å². The van der Waals surface area contributed by atoms with Gasteiger partial charge in [0.25, 0.3) is 0 Å². The van der Waals surface area contributed by atoms with Gasteiger partial charge in [0.15, 0.2) is 0 Å². The standard InChI is InChI=1S/C13H20ClN3O4S/c1-2-20-6-3-16-22(18,19)11-9-12(14)13(15-10-11)17-4-7-21-8-5-17/h9-10,16H,2-8H2,1H3. The van der Waals surface area contributed by atoms with Crippen molar-refractivity contribution < 1.29 is 17.9 Å². The summed E-state index contributed by atoms with van der Waals surface area (Å²) in [4.78, 5) is 6.22. The molecule has 9 heteroatoms. The van der Waals surface area contributed by atoms with Gasteiger partial charge >= 0.3 is 0 Å². The number of hydrogen-bond acceptors (Lipinski definition) is 6. The number of anilines is 1. The second kappa shape index (κ2) is 8.07. The van der Waals surface area contributed by atoms with Gasteiger partial charge in [0, 0.05) is 32.4 Å². The lowest BCUT2D eigenvalue weighted by Crippen LogP contribution is -2.37. The van der Waals surface area contributed by atoms with E-state index in [0.29, 0.717) is 50.4 Å². The Morgan fingerprint density at radius 1 is 1.45 bits per heavy atom. The second-order valence-electron chi connectivity index (χ2n) is 4.67. The van der Waals surface area contributed by atoms with E-state index in [1.165, 1.54) is 12.3 Å². The van der Waals surface area contributed by atoms with Crippen molar-refractivity contribution in [1.29, 1.82) is 0 Å². The SMILES string of the molecule is CCOCCNS(=O)(=O)c1cnc(N2CCOCC2)c(Cl)c1. The lowest BCUT2D eigenvalue weighted by atomic mass is 10.3. The third-order valence-electron chi connectivity index (χ3n) is 3.16. The number of nitrogens with zero attached hydrogens (tertiary/aromatic N) is 2. The average Bonchev–Trinajstić information content (AvgIpc) is 2.52. The molecule has 1 N–H and O–H groups in total. The zero-order chi connectivity index (χ0) is 16.0. The molecular weight excluding hydrogens is 330 g/mol. The average molecular weight is 350 g/mol. The topological polar surface area (TPSA) is 80.8 Å². The van der Waals surface area contributed by atoms with Crippen molar-refractivity contribution in [2.24, 2.45) is 0 Å². The number of pyridine rings is 1. The third kappa shape index (κ3) is 4.53. The zero-order valence-corrected chi connectivity index (χ0v) is 14.0. The molecule has 2 heterocycles. The van der Waals surface area contributed by atoms with Crippen molar-refractivity contribution in [3.8, 4) is 0 Å². The van der Waals surface area contributed by atoms with Crippen LogP contribution in [0.1, 0.15) is 6.92 Å². The summed E-state index contributed by atoms with van der Waals surface area (Å²) in [7, 11) is -3.63. The summed E-state index contributed by atoms with van der Waals surface area (Å²) in [5, 5.41) is 0.314. The molecule has 0 aromatic carbocycles. The molecule has 1 aliphatic rings. The summed E-state index contributed by atoms with van der Waals surface area (Å²) in [5.41, 5.74) is 0. The van der Waals surface area contributed by atoms with Gasteiger partial charge < -0.3 is 14.4 Å². The van der Waals surface area contributed by atoms with Crippen molar-refractivity contribution in [2.45, 2.75) is 11.8 Å². The summed E-state index contributed by atoms with van der Waals surface area (Å²) < 4.78 is 37.1. The minimum absolute atomic E-state index is 0.0472. The summed E-state index contributed by atoms with van der Waals surface area (Å²) >= 11 is 6.19. The van der Waals surface area contributed by atoms with Crippen molar-refractivity contribution in [3.05, 3.63) is 17.3 Å². The maximum Gasteiger partial charge on any atom is 0.242 e. The molecule has 0 atom stereocenters. The fraction of sp³-hybridized carbons (Fsp3) is 0.615. The smallest absolute Gasteiger partial charge is 0.242 e.